The zero-order valence-corrected chi connectivity index (χ0v) is 10.1. The summed E-state index contributed by atoms with van der Waals surface area (Å²) in [7, 11) is -4.50. The summed E-state index contributed by atoms with van der Waals surface area (Å²) in [4.78, 5) is 41.1. The van der Waals surface area contributed by atoms with Crippen molar-refractivity contribution in [3.8, 4) is 0 Å². The molecule has 1 aliphatic heterocycles. The van der Waals surface area contributed by atoms with Crippen LogP contribution in [0.25, 0.3) is 0 Å². The molecule has 0 saturated carbocycles. The fourth-order valence-electron chi connectivity index (χ4n) is 1.84. The van der Waals surface area contributed by atoms with Gasteiger partial charge < -0.3 is 19.8 Å². The Morgan fingerprint density at radius 1 is 1.47 bits per heavy atom. The lowest BCUT2D eigenvalue weighted by atomic mass is 10.2. The van der Waals surface area contributed by atoms with Gasteiger partial charge in [-0.25, -0.2) is 14.4 Å². The van der Waals surface area contributed by atoms with Crippen molar-refractivity contribution < 1.29 is 29.0 Å². The summed E-state index contributed by atoms with van der Waals surface area (Å²) >= 11 is 0. The molecule has 4 N–H and O–H groups in total. The maximum absolute atomic E-state index is 11.8. The lowest BCUT2D eigenvalue weighted by Crippen LogP contribution is -2.48. The Kier molecular flexibility index (Phi) is 4.26. The number of carbonyl (C=O) groups is 2. The molecule has 1 heterocycles. The van der Waals surface area contributed by atoms with E-state index in [0.29, 0.717) is 19.4 Å². The molecular formula is C8H15N2O6P. The lowest BCUT2D eigenvalue weighted by Gasteiger charge is -2.25. The second kappa shape index (κ2) is 5.14. The molecule has 0 aromatic heterocycles. The van der Waals surface area contributed by atoms with Crippen LogP contribution in [-0.4, -0.2) is 50.3 Å². The van der Waals surface area contributed by atoms with Gasteiger partial charge in [0, 0.05) is 6.54 Å². The van der Waals surface area contributed by atoms with Crippen LogP contribution in [0.2, 0.25) is 0 Å². The van der Waals surface area contributed by atoms with Gasteiger partial charge in [0.25, 0.3) is 0 Å². The Morgan fingerprint density at radius 3 is 2.53 bits per heavy atom. The van der Waals surface area contributed by atoms with Gasteiger partial charge in [-0.15, -0.1) is 0 Å². The second-order valence-corrected chi connectivity index (χ2v) is 5.27. The fourth-order valence-corrected chi connectivity index (χ4v) is 2.46. The first-order valence-corrected chi connectivity index (χ1v) is 6.70. The number of nitrogens with one attached hydrogen (secondary N) is 1. The Bertz CT molecular complexity index is 367. The van der Waals surface area contributed by atoms with Crippen LogP contribution < -0.4 is 5.09 Å². The summed E-state index contributed by atoms with van der Waals surface area (Å²) in [6.07, 6.45) is 0.940. The van der Waals surface area contributed by atoms with Crippen molar-refractivity contribution in [1.82, 2.24) is 9.99 Å². The molecule has 9 heteroatoms. The van der Waals surface area contributed by atoms with Gasteiger partial charge >= 0.3 is 13.7 Å². The van der Waals surface area contributed by atoms with E-state index in [2.05, 4.69) is 0 Å². The van der Waals surface area contributed by atoms with Gasteiger partial charge in [-0.05, 0) is 19.8 Å². The quantitative estimate of drug-likeness (QED) is 0.487. The largest absolute Gasteiger partial charge is 0.480 e. The summed E-state index contributed by atoms with van der Waals surface area (Å²) in [6.45, 7) is 1.58. The van der Waals surface area contributed by atoms with Crippen LogP contribution >= 0.6 is 7.75 Å². The van der Waals surface area contributed by atoms with E-state index in [1.807, 2.05) is 5.09 Å². The fraction of sp³-hybridized carbons (Fsp3) is 0.750. The van der Waals surface area contributed by atoms with E-state index in [1.165, 1.54) is 6.92 Å². The highest BCUT2D eigenvalue weighted by molar-refractivity contribution is 7.49. The minimum atomic E-state index is -4.50. The third kappa shape index (κ3) is 3.78. The third-order valence-electron chi connectivity index (χ3n) is 2.55. The second-order valence-electron chi connectivity index (χ2n) is 3.92. The van der Waals surface area contributed by atoms with Crippen molar-refractivity contribution in [2.24, 2.45) is 0 Å². The minimum absolute atomic E-state index is 0.295. The Morgan fingerprint density at radius 2 is 2.06 bits per heavy atom. The van der Waals surface area contributed by atoms with Crippen molar-refractivity contribution in [2.45, 2.75) is 31.8 Å². The number of hydrogen-bond acceptors (Lipinski definition) is 3. The highest BCUT2D eigenvalue weighted by Crippen LogP contribution is 2.30. The molecule has 0 radical (unpaired) electrons. The highest BCUT2D eigenvalue weighted by Gasteiger charge is 2.37. The van der Waals surface area contributed by atoms with E-state index in [1.54, 1.807) is 0 Å². The summed E-state index contributed by atoms with van der Waals surface area (Å²) in [6, 6.07) is -2.01. The molecule has 1 fully saturated rings. The van der Waals surface area contributed by atoms with E-state index in [4.69, 9.17) is 14.9 Å². The molecule has 98 valence electrons. The van der Waals surface area contributed by atoms with Crippen molar-refractivity contribution in [3.05, 3.63) is 0 Å². The van der Waals surface area contributed by atoms with Crippen molar-refractivity contribution in [2.75, 3.05) is 6.54 Å². The van der Waals surface area contributed by atoms with Crippen LogP contribution in [0, 0.1) is 0 Å². The van der Waals surface area contributed by atoms with Gasteiger partial charge in [-0.3, -0.25) is 4.79 Å². The van der Waals surface area contributed by atoms with E-state index >= 15 is 0 Å². The molecule has 0 spiro atoms. The van der Waals surface area contributed by atoms with E-state index in [9.17, 15) is 14.2 Å². The molecule has 0 aliphatic carbocycles. The van der Waals surface area contributed by atoms with Gasteiger partial charge in [-0.1, -0.05) is 0 Å². The zero-order chi connectivity index (χ0) is 13.2. The number of nitrogens with zero attached hydrogens (tertiary/aromatic N) is 1. The number of rotatable bonds is 4. The minimum Gasteiger partial charge on any atom is -0.480 e. The van der Waals surface area contributed by atoms with Crippen molar-refractivity contribution >= 4 is 19.6 Å². The molecule has 2 atom stereocenters. The van der Waals surface area contributed by atoms with Gasteiger partial charge in [-0.2, -0.15) is 0 Å². The maximum Gasteiger partial charge on any atom is 0.401 e. The standard InChI is InChI=1S/C8H15N2O6P/c1-5(9-17(14,15)16)7(11)10-4-2-3-6(10)8(12)13/h5-6H,2-4H2,1H3,(H,12,13)(H3,9,14,15,16)/t5-,6+/m0/s1. The zero-order valence-electron chi connectivity index (χ0n) is 9.24. The van der Waals surface area contributed by atoms with Crippen LogP contribution in [0.5, 0.6) is 0 Å². The molecule has 17 heavy (non-hydrogen) atoms. The molecule has 0 aromatic carbocycles. The first-order chi connectivity index (χ1) is 7.72. The normalized spacial score (nSPS) is 22.5. The summed E-state index contributed by atoms with van der Waals surface area (Å²) < 4.78 is 10.7. The Labute approximate surface area is 97.8 Å². The van der Waals surface area contributed by atoms with Gasteiger partial charge in [0.15, 0.2) is 0 Å². The Hall–Kier alpha value is -0.950. The van der Waals surface area contributed by atoms with Gasteiger partial charge in [0.2, 0.25) is 5.91 Å². The smallest absolute Gasteiger partial charge is 0.401 e. The monoisotopic (exact) mass is 266 g/mol. The summed E-state index contributed by atoms with van der Waals surface area (Å²) in [5.41, 5.74) is 0. The molecular weight excluding hydrogens is 251 g/mol. The highest BCUT2D eigenvalue weighted by atomic mass is 31.2. The average molecular weight is 266 g/mol. The maximum atomic E-state index is 11.8. The molecule has 1 amide bonds. The van der Waals surface area contributed by atoms with E-state index in [0.717, 1.165) is 4.90 Å². The van der Waals surface area contributed by atoms with Crippen molar-refractivity contribution in [3.63, 3.8) is 0 Å². The molecule has 0 bridgehead atoms. The number of aliphatic carboxylic acids is 1. The number of carboxylic acids is 1. The predicted octanol–water partition coefficient (Wildman–Crippen LogP) is -0.867. The first-order valence-electron chi connectivity index (χ1n) is 5.09. The summed E-state index contributed by atoms with van der Waals surface area (Å²) in [5, 5.41) is 10.7. The number of amides is 1. The number of carboxylic acid groups (broad SMARTS) is 1. The average Bonchev–Trinajstić information content (AvgIpc) is 2.61. The van der Waals surface area contributed by atoms with Crippen LogP contribution in [0.15, 0.2) is 0 Å². The molecule has 1 saturated heterocycles. The number of likely N-dealkylation sites (tertiary alicyclic amines) is 1. The van der Waals surface area contributed by atoms with E-state index < -0.39 is 31.7 Å². The third-order valence-corrected chi connectivity index (χ3v) is 3.28. The molecule has 8 nitrogen and oxygen atoms in total. The predicted molar refractivity (Wildman–Crippen MR) is 57.0 cm³/mol. The molecule has 1 rings (SSSR count). The first kappa shape index (κ1) is 14.1. The summed E-state index contributed by atoms with van der Waals surface area (Å²) in [5.74, 6) is -1.71. The van der Waals surface area contributed by atoms with Crippen LogP contribution in [-0.2, 0) is 14.2 Å². The van der Waals surface area contributed by atoms with Crippen LogP contribution in [0.3, 0.4) is 0 Å². The van der Waals surface area contributed by atoms with Gasteiger partial charge in [0.1, 0.15) is 6.04 Å². The molecule has 0 aromatic rings. The van der Waals surface area contributed by atoms with Crippen LogP contribution in [0.4, 0.5) is 0 Å². The molecule has 0 unspecified atom stereocenters. The molecule has 1 aliphatic rings. The van der Waals surface area contributed by atoms with Crippen molar-refractivity contribution in [1.29, 1.82) is 0 Å². The number of carbonyl (C=O) groups excluding carboxylic acids is 1. The lowest BCUT2D eigenvalue weighted by molar-refractivity contribution is -0.148. The SMILES string of the molecule is C[C@H](NP(=O)(O)O)C(=O)N1CCC[C@@H]1C(=O)O. The topological polar surface area (TPSA) is 127 Å². The Balaban J connectivity index is 2.69. The van der Waals surface area contributed by atoms with Crippen LogP contribution in [0.1, 0.15) is 19.8 Å². The number of hydrogen-bond donors (Lipinski definition) is 4. The van der Waals surface area contributed by atoms with E-state index in [-0.39, 0.29) is 0 Å². The van der Waals surface area contributed by atoms with Gasteiger partial charge in [0.05, 0.1) is 6.04 Å².